The highest BCUT2D eigenvalue weighted by atomic mass is 16.5. The van der Waals surface area contributed by atoms with Gasteiger partial charge in [0.2, 0.25) is 5.89 Å². The van der Waals surface area contributed by atoms with Crippen molar-refractivity contribution in [3.8, 4) is 5.75 Å². The Hall–Kier alpha value is -2.57. The Balaban J connectivity index is 1.33. The molecule has 7 heteroatoms. The molecule has 1 aromatic carbocycles. The van der Waals surface area contributed by atoms with Crippen LogP contribution in [0, 0.1) is 0 Å². The van der Waals surface area contributed by atoms with Gasteiger partial charge in [-0.3, -0.25) is 4.99 Å². The van der Waals surface area contributed by atoms with Gasteiger partial charge >= 0.3 is 0 Å². The SMILES string of the molecule is CN=C(NCc1nc(C2CC2)no1)NC(C)C1COc2ccccc21. The molecule has 132 valence electrons. The van der Waals surface area contributed by atoms with Crippen LogP contribution in [0.15, 0.2) is 33.8 Å². The van der Waals surface area contributed by atoms with Crippen LogP contribution < -0.4 is 15.4 Å². The predicted octanol–water partition coefficient (Wildman–Crippen LogP) is 2.18. The van der Waals surface area contributed by atoms with Crippen LogP contribution in [0.3, 0.4) is 0 Å². The van der Waals surface area contributed by atoms with Crippen LogP contribution in [0.2, 0.25) is 0 Å². The average molecular weight is 341 g/mol. The molecule has 2 atom stereocenters. The second kappa shape index (κ2) is 6.74. The number of benzene rings is 1. The van der Waals surface area contributed by atoms with Gasteiger partial charge in [-0.25, -0.2) is 0 Å². The molecule has 0 amide bonds. The Morgan fingerprint density at radius 3 is 3.00 bits per heavy atom. The molecule has 0 bridgehead atoms. The van der Waals surface area contributed by atoms with Gasteiger partial charge in [0, 0.05) is 30.5 Å². The van der Waals surface area contributed by atoms with Gasteiger partial charge in [0.1, 0.15) is 5.75 Å². The van der Waals surface area contributed by atoms with Crippen LogP contribution in [0.25, 0.3) is 0 Å². The quantitative estimate of drug-likeness (QED) is 0.640. The fourth-order valence-corrected chi connectivity index (χ4v) is 3.12. The van der Waals surface area contributed by atoms with E-state index in [1.807, 2.05) is 18.2 Å². The Morgan fingerprint density at radius 1 is 1.36 bits per heavy atom. The van der Waals surface area contributed by atoms with E-state index in [1.165, 1.54) is 5.56 Å². The number of hydrogen-bond acceptors (Lipinski definition) is 5. The largest absolute Gasteiger partial charge is 0.493 e. The topological polar surface area (TPSA) is 84.6 Å². The highest BCUT2D eigenvalue weighted by Gasteiger charge is 2.30. The maximum Gasteiger partial charge on any atom is 0.246 e. The molecule has 1 aliphatic carbocycles. The summed E-state index contributed by atoms with van der Waals surface area (Å²) >= 11 is 0. The van der Waals surface area contributed by atoms with Crippen molar-refractivity contribution in [3.63, 3.8) is 0 Å². The number of aliphatic imine (C=N–C) groups is 1. The van der Waals surface area contributed by atoms with Crippen molar-refractivity contribution in [1.82, 2.24) is 20.8 Å². The number of rotatable bonds is 5. The first-order chi connectivity index (χ1) is 12.2. The first-order valence-corrected chi connectivity index (χ1v) is 8.76. The second-order valence-corrected chi connectivity index (χ2v) is 6.63. The summed E-state index contributed by atoms with van der Waals surface area (Å²) in [6.45, 7) is 3.28. The van der Waals surface area contributed by atoms with Crippen LogP contribution in [0.5, 0.6) is 5.75 Å². The molecule has 25 heavy (non-hydrogen) atoms. The molecule has 1 aromatic heterocycles. The zero-order valence-corrected chi connectivity index (χ0v) is 14.5. The van der Waals surface area contributed by atoms with Gasteiger partial charge in [-0.1, -0.05) is 23.4 Å². The summed E-state index contributed by atoms with van der Waals surface area (Å²) in [6.07, 6.45) is 2.33. The molecule has 2 aliphatic rings. The minimum Gasteiger partial charge on any atom is -0.493 e. The summed E-state index contributed by atoms with van der Waals surface area (Å²) in [4.78, 5) is 8.71. The molecule has 0 radical (unpaired) electrons. The van der Waals surface area contributed by atoms with Gasteiger partial charge in [-0.15, -0.1) is 0 Å². The Labute approximate surface area is 146 Å². The lowest BCUT2D eigenvalue weighted by Gasteiger charge is -2.22. The fourth-order valence-electron chi connectivity index (χ4n) is 3.12. The zero-order valence-electron chi connectivity index (χ0n) is 14.5. The van der Waals surface area contributed by atoms with E-state index in [9.17, 15) is 0 Å². The first kappa shape index (κ1) is 15.9. The molecule has 2 N–H and O–H groups in total. The molecule has 1 saturated carbocycles. The molecule has 4 rings (SSSR count). The second-order valence-electron chi connectivity index (χ2n) is 6.63. The van der Waals surface area contributed by atoms with Gasteiger partial charge < -0.3 is 19.9 Å². The monoisotopic (exact) mass is 341 g/mol. The molecular formula is C18H23N5O2. The third-order valence-corrected chi connectivity index (χ3v) is 4.76. The highest BCUT2D eigenvalue weighted by Crippen LogP contribution is 2.38. The number of aromatic nitrogens is 2. The number of nitrogens with one attached hydrogen (secondary N) is 2. The normalized spacial score (nSPS) is 20.7. The van der Waals surface area contributed by atoms with E-state index in [1.54, 1.807) is 7.05 Å². The van der Waals surface area contributed by atoms with Crippen LogP contribution in [0.1, 0.15) is 48.9 Å². The Kier molecular flexibility index (Phi) is 4.29. The van der Waals surface area contributed by atoms with E-state index in [2.05, 4.69) is 38.8 Å². The van der Waals surface area contributed by atoms with Gasteiger partial charge in [-0.2, -0.15) is 4.98 Å². The summed E-state index contributed by atoms with van der Waals surface area (Å²) in [7, 11) is 1.75. The van der Waals surface area contributed by atoms with Crippen molar-refractivity contribution in [3.05, 3.63) is 41.5 Å². The van der Waals surface area contributed by atoms with Gasteiger partial charge in [0.05, 0.1) is 13.2 Å². The van der Waals surface area contributed by atoms with E-state index in [-0.39, 0.29) is 6.04 Å². The molecule has 2 aromatic rings. The molecule has 2 unspecified atom stereocenters. The third-order valence-electron chi connectivity index (χ3n) is 4.76. The van der Waals surface area contributed by atoms with E-state index >= 15 is 0 Å². The van der Waals surface area contributed by atoms with Crippen molar-refractivity contribution in [2.75, 3.05) is 13.7 Å². The minimum absolute atomic E-state index is 0.180. The van der Waals surface area contributed by atoms with Crippen molar-refractivity contribution < 1.29 is 9.26 Å². The lowest BCUT2D eigenvalue weighted by molar-refractivity contribution is 0.312. The summed E-state index contributed by atoms with van der Waals surface area (Å²) in [5.74, 6) is 3.89. The van der Waals surface area contributed by atoms with E-state index in [0.717, 1.165) is 24.4 Å². The van der Waals surface area contributed by atoms with Crippen molar-refractivity contribution in [2.45, 2.75) is 44.2 Å². The third kappa shape index (κ3) is 3.45. The van der Waals surface area contributed by atoms with E-state index in [4.69, 9.17) is 9.26 Å². The van der Waals surface area contributed by atoms with Crippen LogP contribution in [-0.2, 0) is 6.54 Å². The van der Waals surface area contributed by atoms with Gasteiger partial charge in [-0.05, 0) is 25.8 Å². The number of guanidine groups is 1. The molecule has 1 aliphatic heterocycles. The van der Waals surface area contributed by atoms with Crippen LogP contribution in [-0.4, -0.2) is 35.8 Å². The summed E-state index contributed by atoms with van der Waals surface area (Å²) < 4.78 is 11.1. The lowest BCUT2D eigenvalue weighted by atomic mass is 9.94. The minimum atomic E-state index is 0.180. The summed E-state index contributed by atoms with van der Waals surface area (Å²) in [6, 6.07) is 8.37. The molecular weight excluding hydrogens is 318 g/mol. The Bertz CT molecular complexity index is 768. The number of para-hydroxylation sites is 1. The maximum atomic E-state index is 5.77. The highest BCUT2D eigenvalue weighted by molar-refractivity contribution is 5.80. The number of fused-ring (bicyclic) bond motifs is 1. The number of hydrogen-bond donors (Lipinski definition) is 2. The average Bonchev–Trinajstić information content (AvgIpc) is 3.22. The smallest absolute Gasteiger partial charge is 0.246 e. The number of nitrogens with zero attached hydrogens (tertiary/aromatic N) is 3. The molecule has 0 saturated heterocycles. The van der Waals surface area contributed by atoms with Gasteiger partial charge in [0.25, 0.3) is 0 Å². The molecule has 0 spiro atoms. The molecule has 7 nitrogen and oxygen atoms in total. The van der Waals surface area contributed by atoms with Crippen LogP contribution in [0.4, 0.5) is 0 Å². The van der Waals surface area contributed by atoms with E-state index in [0.29, 0.717) is 36.8 Å². The molecule has 1 fully saturated rings. The zero-order chi connectivity index (χ0) is 17.2. The molecule has 2 heterocycles. The standard InChI is InChI=1S/C18H23N5O2/c1-11(14-10-24-15-6-4-3-5-13(14)15)21-18(19-2)20-9-16-22-17(23-25-16)12-7-8-12/h3-6,11-12,14H,7-10H2,1-2H3,(H2,19,20,21). The summed E-state index contributed by atoms with van der Waals surface area (Å²) in [5, 5.41) is 10.7. The van der Waals surface area contributed by atoms with Crippen LogP contribution >= 0.6 is 0 Å². The predicted molar refractivity (Wildman–Crippen MR) is 93.7 cm³/mol. The maximum absolute atomic E-state index is 5.77. The lowest BCUT2D eigenvalue weighted by Crippen LogP contribution is -2.44. The first-order valence-electron chi connectivity index (χ1n) is 8.76. The summed E-state index contributed by atoms with van der Waals surface area (Å²) in [5.41, 5.74) is 1.24. The fraction of sp³-hybridized carbons (Fsp3) is 0.500. The van der Waals surface area contributed by atoms with Crippen molar-refractivity contribution in [2.24, 2.45) is 4.99 Å². The Morgan fingerprint density at radius 2 is 2.20 bits per heavy atom. The van der Waals surface area contributed by atoms with E-state index < -0.39 is 0 Å². The van der Waals surface area contributed by atoms with Crippen molar-refractivity contribution in [1.29, 1.82) is 0 Å². The number of ether oxygens (including phenoxy) is 1. The van der Waals surface area contributed by atoms with Crippen molar-refractivity contribution >= 4 is 5.96 Å². The van der Waals surface area contributed by atoms with Gasteiger partial charge in [0.15, 0.2) is 11.8 Å².